The van der Waals surface area contributed by atoms with Crippen molar-refractivity contribution in [3.63, 3.8) is 0 Å². The largest absolute Gasteiger partial charge is 0.385 e. The summed E-state index contributed by atoms with van der Waals surface area (Å²) in [7, 11) is 0. The first-order chi connectivity index (χ1) is 6.10. The summed E-state index contributed by atoms with van der Waals surface area (Å²) in [5.74, 6) is 0. The highest BCUT2D eigenvalue weighted by atomic mass is 16.3. The van der Waals surface area contributed by atoms with Gasteiger partial charge < -0.3 is 5.11 Å². The summed E-state index contributed by atoms with van der Waals surface area (Å²) in [6, 6.07) is 0. The first-order valence-electron chi connectivity index (χ1n) is 4.85. The molecule has 1 aromatic rings. The Kier molecular flexibility index (Phi) is 3.09. The Balaban J connectivity index is 2.80. The Hall–Kier alpha value is -0.830. The highest BCUT2D eigenvalue weighted by Gasteiger charge is 2.23. The summed E-state index contributed by atoms with van der Waals surface area (Å²) in [5, 5.41) is 14.2. The molecule has 0 aromatic carbocycles. The van der Waals surface area contributed by atoms with E-state index in [-0.39, 0.29) is 0 Å². The summed E-state index contributed by atoms with van der Waals surface area (Å²) in [4.78, 5) is 0. The van der Waals surface area contributed by atoms with Crippen LogP contribution in [-0.2, 0) is 12.1 Å². The van der Waals surface area contributed by atoms with Crippen molar-refractivity contribution in [1.29, 1.82) is 0 Å². The molecular formula is C10H18N2O. The Morgan fingerprint density at radius 3 is 2.69 bits per heavy atom. The van der Waals surface area contributed by atoms with Gasteiger partial charge in [-0.05, 0) is 20.3 Å². The first kappa shape index (κ1) is 10.3. The first-order valence-corrected chi connectivity index (χ1v) is 4.85. The molecule has 0 spiro atoms. The molecule has 3 nitrogen and oxygen atoms in total. The second kappa shape index (κ2) is 3.92. The maximum Gasteiger partial charge on any atom is 0.0898 e. The molecular weight excluding hydrogens is 164 g/mol. The molecule has 1 aromatic heterocycles. The van der Waals surface area contributed by atoms with Gasteiger partial charge in [-0.25, -0.2) is 0 Å². The van der Waals surface area contributed by atoms with Crippen LogP contribution < -0.4 is 0 Å². The van der Waals surface area contributed by atoms with Crippen LogP contribution in [0, 0.1) is 0 Å². The van der Waals surface area contributed by atoms with Crippen molar-refractivity contribution in [1.82, 2.24) is 9.78 Å². The normalized spacial score (nSPS) is 15.7. The van der Waals surface area contributed by atoms with Crippen LogP contribution in [0.25, 0.3) is 0 Å². The zero-order valence-electron chi connectivity index (χ0n) is 8.62. The van der Waals surface area contributed by atoms with E-state index in [1.807, 2.05) is 24.7 Å². The van der Waals surface area contributed by atoms with E-state index >= 15 is 0 Å². The summed E-state index contributed by atoms with van der Waals surface area (Å²) in [6.45, 7) is 6.79. The highest BCUT2D eigenvalue weighted by molar-refractivity contribution is 5.13. The number of nitrogens with zero attached hydrogens (tertiary/aromatic N) is 2. The van der Waals surface area contributed by atoms with Gasteiger partial charge in [0.15, 0.2) is 0 Å². The van der Waals surface area contributed by atoms with Gasteiger partial charge in [0.1, 0.15) is 0 Å². The Bertz CT molecular complexity index is 266. The fourth-order valence-corrected chi connectivity index (χ4v) is 1.45. The van der Waals surface area contributed by atoms with Crippen LogP contribution in [0.2, 0.25) is 0 Å². The standard InChI is InChI=1S/C10H18N2O/c1-4-6-10(3,13)9-7-11-12(5-2)8-9/h7-8,13H,4-6H2,1-3H3. The van der Waals surface area contributed by atoms with E-state index in [0.717, 1.165) is 24.9 Å². The SMILES string of the molecule is CCCC(C)(O)c1cnn(CC)c1. The van der Waals surface area contributed by atoms with Crippen LogP contribution in [0.1, 0.15) is 39.2 Å². The van der Waals surface area contributed by atoms with Gasteiger partial charge in [-0.1, -0.05) is 13.3 Å². The molecule has 0 bridgehead atoms. The molecule has 0 fully saturated rings. The smallest absolute Gasteiger partial charge is 0.0898 e. The van der Waals surface area contributed by atoms with E-state index < -0.39 is 5.60 Å². The van der Waals surface area contributed by atoms with E-state index in [0.29, 0.717) is 0 Å². The lowest BCUT2D eigenvalue weighted by molar-refractivity contribution is 0.0469. The predicted octanol–water partition coefficient (Wildman–Crippen LogP) is 1.91. The van der Waals surface area contributed by atoms with Gasteiger partial charge >= 0.3 is 0 Å². The van der Waals surface area contributed by atoms with Crippen molar-refractivity contribution >= 4 is 0 Å². The van der Waals surface area contributed by atoms with Crippen molar-refractivity contribution < 1.29 is 5.11 Å². The van der Waals surface area contributed by atoms with E-state index in [1.54, 1.807) is 6.20 Å². The topological polar surface area (TPSA) is 38.1 Å². The van der Waals surface area contributed by atoms with E-state index in [2.05, 4.69) is 12.0 Å². The van der Waals surface area contributed by atoms with Crippen LogP contribution in [0.5, 0.6) is 0 Å². The third-order valence-corrected chi connectivity index (χ3v) is 2.32. The fraction of sp³-hybridized carbons (Fsp3) is 0.700. The minimum atomic E-state index is -0.720. The fourth-order valence-electron chi connectivity index (χ4n) is 1.45. The number of hydrogen-bond acceptors (Lipinski definition) is 2. The van der Waals surface area contributed by atoms with Gasteiger partial charge in [-0.3, -0.25) is 4.68 Å². The summed E-state index contributed by atoms with van der Waals surface area (Å²) in [6.07, 6.45) is 5.42. The van der Waals surface area contributed by atoms with Gasteiger partial charge in [0.2, 0.25) is 0 Å². The molecule has 0 radical (unpaired) electrons. The second-order valence-electron chi connectivity index (χ2n) is 3.61. The number of rotatable bonds is 4. The minimum Gasteiger partial charge on any atom is -0.385 e. The lowest BCUT2D eigenvalue weighted by Gasteiger charge is -2.20. The molecule has 0 saturated heterocycles. The maximum atomic E-state index is 10.0. The Morgan fingerprint density at radius 1 is 1.54 bits per heavy atom. The third kappa shape index (κ3) is 2.31. The van der Waals surface area contributed by atoms with Crippen molar-refractivity contribution in [3.05, 3.63) is 18.0 Å². The van der Waals surface area contributed by atoms with E-state index in [4.69, 9.17) is 0 Å². The molecule has 1 unspecified atom stereocenters. The van der Waals surface area contributed by atoms with Crippen LogP contribution in [-0.4, -0.2) is 14.9 Å². The second-order valence-corrected chi connectivity index (χ2v) is 3.61. The average molecular weight is 182 g/mol. The van der Waals surface area contributed by atoms with Crippen LogP contribution >= 0.6 is 0 Å². The van der Waals surface area contributed by atoms with Crippen LogP contribution in [0.3, 0.4) is 0 Å². The average Bonchev–Trinajstić information content (AvgIpc) is 2.52. The number of aryl methyl sites for hydroxylation is 1. The molecule has 13 heavy (non-hydrogen) atoms. The van der Waals surface area contributed by atoms with Crippen molar-refractivity contribution in [2.24, 2.45) is 0 Å². The molecule has 0 aliphatic rings. The Labute approximate surface area is 79.4 Å². The lowest BCUT2D eigenvalue weighted by Crippen LogP contribution is -2.19. The molecule has 3 heteroatoms. The van der Waals surface area contributed by atoms with E-state index in [9.17, 15) is 5.11 Å². The van der Waals surface area contributed by atoms with Gasteiger partial charge in [0, 0.05) is 18.3 Å². The quantitative estimate of drug-likeness (QED) is 0.772. The predicted molar refractivity (Wildman–Crippen MR) is 52.4 cm³/mol. The van der Waals surface area contributed by atoms with Gasteiger partial charge in [-0.15, -0.1) is 0 Å². The molecule has 1 N–H and O–H groups in total. The summed E-state index contributed by atoms with van der Waals surface area (Å²) in [5.41, 5.74) is 0.193. The molecule has 1 atom stereocenters. The van der Waals surface area contributed by atoms with Crippen molar-refractivity contribution in [2.45, 2.75) is 45.8 Å². The Morgan fingerprint density at radius 2 is 2.23 bits per heavy atom. The lowest BCUT2D eigenvalue weighted by atomic mass is 9.94. The maximum absolute atomic E-state index is 10.0. The zero-order valence-corrected chi connectivity index (χ0v) is 8.62. The van der Waals surface area contributed by atoms with Crippen LogP contribution in [0.4, 0.5) is 0 Å². The van der Waals surface area contributed by atoms with Gasteiger partial charge in [0.25, 0.3) is 0 Å². The summed E-state index contributed by atoms with van der Waals surface area (Å²) < 4.78 is 1.83. The van der Waals surface area contributed by atoms with Crippen LogP contribution in [0.15, 0.2) is 12.4 Å². The molecule has 0 aliphatic carbocycles. The van der Waals surface area contributed by atoms with Gasteiger partial charge in [0.05, 0.1) is 11.8 Å². The molecule has 1 heterocycles. The molecule has 74 valence electrons. The number of aliphatic hydroxyl groups is 1. The van der Waals surface area contributed by atoms with Crippen molar-refractivity contribution in [3.8, 4) is 0 Å². The minimum absolute atomic E-state index is 0.720. The summed E-state index contributed by atoms with van der Waals surface area (Å²) >= 11 is 0. The molecule has 0 aliphatic heterocycles. The van der Waals surface area contributed by atoms with E-state index in [1.165, 1.54) is 0 Å². The highest BCUT2D eigenvalue weighted by Crippen LogP contribution is 2.24. The molecule has 0 amide bonds. The van der Waals surface area contributed by atoms with Crippen molar-refractivity contribution in [2.75, 3.05) is 0 Å². The molecule has 1 rings (SSSR count). The number of aromatic nitrogens is 2. The third-order valence-electron chi connectivity index (χ3n) is 2.32. The van der Waals surface area contributed by atoms with Gasteiger partial charge in [-0.2, -0.15) is 5.10 Å². The number of hydrogen-bond donors (Lipinski definition) is 1. The monoisotopic (exact) mass is 182 g/mol. The molecule has 0 saturated carbocycles. The zero-order chi connectivity index (χ0) is 9.90.